The molecule has 0 bridgehead atoms. The molecule has 6 nitrogen and oxygen atoms in total. The summed E-state index contributed by atoms with van der Waals surface area (Å²) in [6.07, 6.45) is -0.372. The Morgan fingerprint density at radius 3 is 2.57 bits per heavy atom. The second kappa shape index (κ2) is 7.57. The number of morpholine rings is 1. The third kappa shape index (κ3) is 4.30. The van der Waals surface area contributed by atoms with E-state index < -0.39 is 6.04 Å². The number of nitrogens with one attached hydrogen (secondary N) is 1. The number of carbonyl (C=O) groups is 2. The van der Waals surface area contributed by atoms with Gasteiger partial charge in [0, 0.05) is 19.2 Å². The van der Waals surface area contributed by atoms with E-state index in [1.54, 1.807) is 17.0 Å². The van der Waals surface area contributed by atoms with Crippen LogP contribution in [0.25, 0.3) is 0 Å². The molecule has 6 heteroatoms. The van der Waals surface area contributed by atoms with Crippen LogP contribution in [0.5, 0.6) is 0 Å². The zero-order valence-corrected chi connectivity index (χ0v) is 13.8. The van der Waals surface area contributed by atoms with Gasteiger partial charge in [-0.25, -0.2) is 0 Å². The number of nitrogens with zero attached hydrogens (tertiary/aromatic N) is 1. The standard InChI is InChI=1S/C17H24N2O4/c1-11(2)8-19-15(9-20)17(23-10-16(19)22)13-4-6-14(7-5-13)18-12(3)21/h4-7,11,15,17,20H,8-10H2,1-3H3,(H,18,21). The molecule has 126 valence electrons. The SMILES string of the molecule is CC(=O)Nc1ccc(C2OCC(=O)N(CC(C)C)C2CO)cc1. The Labute approximate surface area is 136 Å². The molecule has 0 radical (unpaired) electrons. The lowest BCUT2D eigenvalue weighted by Gasteiger charge is -2.41. The fraction of sp³-hybridized carbons (Fsp3) is 0.529. The topological polar surface area (TPSA) is 78.9 Å². The third-order valence-corrected chi connectivity index (χ3v) is 3.77. The summed E-state index contributed by atoms with van der Waals surface area (Å²) < 4.78 is 5.67. The molecule has 1 aromatic carbocycles. The second-order valence-corrected chi connectivity index (χ2v) is 6.22. The number of hydrogen-bond acceptors (Lipinski definition) is 4. The quantitative estimate of drug-likeness (QED) is 0.863. The predicted molar refractivity (Wildman–Crippen MR) is 86.9 cm³/mol. The number of amides is 2. The number of aliphatic hydroxyl groups is 1. The van der Waals surface area contributed by atoms with Crippen LogP contribution in [-0.4, -0.2) is 47.6 Å². The Morgan fingerprint density at radius 2 is 2.04 bits per heavy atom. The van der Waals surface area contributed by atoms with Gasteiger partial charge in [-0.1, -0.05) is 26.0 Å². The number of ether oxygens (including phenoxy) is 1. The summed E-state index contributed by atoms with van der Waals surface area (Å²) >= 11 is 0. The molecule has 23 heavy (non-hydrogen) atoms. The number of benzene rings is 1. The van der Waals surface area contributed by atoms with Crippen molar-refractivity contribution in [2.75, 3.05) is 25.1 Å². The number of carbonyl (C=O) groups excluding carboxylic acids is 2. The Kier molecular flexibility index (Phi) is 5.74. The first-order valence-electron chi connectivity index (χ1n) is 7.82. The summed E-state index contributed by atoms with van der Waals surface area (Å²) in [5.41, 5.74) is 1.58. The van der Waals surface area contributed by atoms with Crippen molar-refractivity contribution in [1.82, 2.24) is 4.90 Å². The molecule has 1 aliphatic heterocycles. The first-order chi connectivity index (χ1) is 10.9. The number of anilines is 1. The lowest BCUT2D eigenvalue weighted by molar-refractivity contribution is -0.161. The van der Waals surface area contributed by atoms with E-state index in [0.29, 0.717) is 18.2 Å². The molecule has 0 saturated carbocycles. The van der Waals surface area contributed by atoms with Crippen molar-refractivity contribution in [3.05, 3.63) is 29.8 Å². The Balaban J connectivity index is 2.19. The van der Waals surface area contributed by atoms with Crippen molar-refractivity contribution in [2.24, 2.45) is 5.92 Å². The summed E-state index contributed by atoms with van der Waals surface area (Å²) in [5, 5.41) is 12.5. The summed E-state index contributed by atoms with van der Waals surface area (Å²) in [4.78, 5) is 24.9. The monoisotopic (exact) mass is 320 g/mol. The summed E-state index contributed by atoms with van der Waals surface area (Å²) in [6.45, 7) is 5.98. The first kappa shape index (κ1) is 17.4. The van der Waals surface area contributed by atoms with Gasteiger partial charge in [-0.2, -0.15) is 0 Å². The normalized spacial score (nSPS) is 21.6. The smallest absolute Gasteiger partial charge is 0.249 e. The number of aliphatic hydroxyl groups excluding tert-OH is 1. The molecule has 2 atom stereocenters. The fourth-order valence-corrected chi connectivity index (χ4v) is 2.81. The molecule has 0 aromatic heterocycles. The summed E-state index contributed by atoms with van der Waals surface area (Å²) in [7, 11) is 0. The van der Waals surface area contributed by atoms with E-state index >= 15 is 0 Å². The van der Waals surface area contributed by atoms with Gasteiger partial charge in [-0.05, 0) is 23.6 Å². The minimum atomic E-state index is -0.398. The van der Waals surface area contributed by atoms with Gasteiger partial charge in [0.05, 0.1) is 12.6 Å². The largest absolute Gasteiger partial charge is 0.394 e. The van der Waals surface area contributed by atoms with Crippen LogP contribution in [0.3, 0.4) is 0 Å². The van der Waals surface area contributed by atoms with Crippen LogP contribution in [0.4, 0.5) is 5.69 Å². The molecule has 1 heterocycles. The van der Waals surface area contributed by atoms with Crippen LogP contribution in [0, 0.1) is 5.92 Å². The predicted octanol–water partition coefficient (Wildman–Crippen LogP) is 1.56. The number of rotatable bonds is 5. The van der Waals surface area contributed by atoms with Crippen molar-refractivity contribution in [3.8, 4) is 0 Å². The first-order valence-corrected chi connectivity index (χ1v) is 7.82. The molecule has 2 amide bonds. The molecule has 2 N–H and O–H groups in total. The van der Waals surface area contributed by atoms with E-state index in [1.807, 2.05) is 26.0 Å². The average Bonchev–Trinajstić information content (AvgIpc) is 2.49. The minimum Gasteiger partial charge on any atom is -0.394 e. The van der Waals surface area contributed by atoms with Crippen LogP contribution >= 0.6 is 0 Å². The van der Waals surface area contributed by atoms with Crippen LogP contribution in [0.2, 0.25) is 0 Å². The lowest BCUT2D eigenvalue weighted by Crippen LogP contribution is -2.53. The molecule has 0 aliphatic carbocycles. The highest BCUT2D eigenvalue weighted by atomic mass is 16.5. The van der Waals surface area contributed by atoms with E-state index in [0.717, 1.165) is 5.56 Å². The van der Waals surface area contributed by atoms with E-state index in [9.17, 15) is 14.7 Å². The van der Waals surface area contributed by atoms with Gasteiger partial charge in [0.2, 0.25) is 11.8 Å². The van der Waals surface area contributed by atoms with Gasteiger partial charge in [0.1, 0.15) is 12.7 Å². The van der Waals surface area contributed by atoms with Crippen LogP contribution in [0.1, 0.15) is 32.4 Å². The van der Waals surface area contributed by atoms with E-state index in [1.165, 1.54) is 6.92 Å². The average molecular weight is 320 g/mol. The highest BCUT2D eigenvalue weighted by molar-refractivity contribution is 5.88. The van der Waals surface area contributed by atoms with Crippen molar-refractivity contribution in [2.45, 2.75) is 32.9 Å². The van der Waals surface area contributed by atoms with Crippen LogP contribution in [-0.2, 0) is 14.3 Å². The maximum atomic E-state index is 12.1. The maximum absolute atomic E-state index is 12.1. The van der Waals surface area contributed by atoms with Crippen molar-refractivity contribution in [3.63, 3.8) is 0 Å². The van der Waals surface area contributed by atoms with Gasteiger partial charge in [0.15, 0.2) is 0 Å². The van der Waals surface area contributed by atoms with E-state index in [4.69, 9.17) is 4.74 Å². The van der Waals surface area contributed by atoms with Gasteiger partial charge < -0.3 is 20.1 Å². The van der Waals surface area contributed by atoms with Gasteiger partial charge in [-0.3, -0.25) is 9.59 Å². The zero-order valence-electron chi connectivity index (χ0n) is 13.8. The fourth-order valence-electron chi connectivity index (χ4n) is 2.81. The van der Waals surface area contributed by atoms with Gasteiger partial charge in [-0.15, -0.1) is 0 Å². The molecule has 1 fully saturated rings. The highest BCUT2D eigenvalue weighted by Crippen LogP contribution is 2.30. The molecule has 1 aliphatic rings. The van der Waals surface area contributed by atoms with E-state index in [-0.39, 0.29) is 31.1 Å². The van der Waals surface area contributed by atoms with Crippen LogP contribution in [0.15, 0.2) is 24.3 Å². The molecular weight excluding hydrogens is 296 g/mol. The molecular formula is C17H24N2O4. The second-order valence-electron chi connectivity index (χ2n) is 6.22. The Bertz CT molecular complexity index is 556. The van der Waals surface area contributed by atoms with Crippen molar-refractivity contribution < 1.29 is 19.4 Å². The molecule has 1 aromatic rings. The molecule has 0 spiro atoms. The van der Waals surface area contributed by atoms with Crippen LogP contribution < -0.4 is 5.32 Å². The Hall–Kier alpha value is -1.92. The van der Waals surface area contributed by atoms with Gasteiger partial charge in [0.25, 0.3) is 0 Å². The summed E-state index contributed by atoms with van der Waals surface area (Å²) in [5.74, 6) is 0.0892. The number of hydrogen-bond donors (Lipinski definition) is 2. The molecule has 1 saturated heterocycles. The molecule has 2 rings (SSSR count). The van der Waals surface area contributed by atoms with Crippen molar-refractivity contribution in [1.29, 1.82) is 0 Å². The summed E-state index contributed by atoms with van der Waals surface area (Å²) in [6, 6.07) is 6.88. The highest BCUT2D eigenvalue weighted by Gasteiger charge is 2.37. The van der Waals surface area contributed by atoms with Gasteiger partial charge >= 0.3 is 0 Å². The zero-order chi connectivity index (χ0) is 17.0. The van der Waals surface area contributed by atoms with Crippen molar-refractivity contribution >= 4 is 17.5 Å². The maximum Gasteiger partial charge on any atom is 0.249 e. The van der Waals surface area contributed by atoms with E-state index in [2.05, 4.69) is 5.32 Å². The lowest BCUT2D eigenvalue weighted by atomic mass is 9.98. The minimum absolute atomic E-state index is 0.0152. The molecule has 2 unspecified atom stereocenters. The third-order valence-electron chi connectivity index (χ3n) is 3.77. The Morgan fingerprint density at radius 1 is 1.39 bits per heavy atom.